The summed E-state index contributed by atoms with van der Waals surface area (Å²) in [5.74, 6) is 0.415. The maximum atomic E-state index is 13.0. The first kappa shape index (κ1) is 19.1. The van der Waals surface area contributed by atoms with Crippen molar-refractivity contribution in [3.63, 3.8) is 0 Å². The fourth-order valence-electron chi connectivity index (χ4n) is 3.60. The minimum Gasteiger partial charge on any atom is -0.364 e. The molecular weight excluding hydrogens is 352 g/mol. The van der Waals surface area contributed by atoms with E-state index in [9.17, 15) is 13.2 Å². The molecule has 0 aliphatic carbocycles. The lowest BCUT2D eigenvalue weighted by Crippen LogP contribution is -2.43. The molecule has 1 aromatic heterocycles. The van der Waals surface area contributed by atoms with Crippen LogP contribution in [0.1, 0.15) is 46.5 Å². The van der Waals surface area contributed by atoms with Crippen LogP contribution in [0.3, 0.4) is 0 Å². The van der Waals surface area contributed by atoms with Crippen molar-refractivity contribution in [1.29, 1.82) is 0 Å². The normalized spacial score (nSPS) is 22.7. The van der Waals surface area contributed by atoms with E-state index >= 15 is 0 Å². The van der Waals surface area contributed by atoms with Gasteiger partial charge in [0.15, 0.2) is 0 Å². The molecule has 144 valence electrons. The van der Waals surface area contributed by atoms with Gasteiger partial charge in [0, 0.05) is 37.8 Å². The van der Waals surface area contributed by atoms with E-state index in [4.69, 9.17) is 0 Å². The van der Waals surface area contributed by atoms with Crippen molar-refractivity contribution >= 4 is 21.7 Å². The van der Waals surface area contributed by atoms with Gasteiger partial charge >= 0.3 is 0 Å². The average molecular weight is 381 g/mol. The fraction of sp³-hybridized carbons (Fsp3) is 0.667. The van der Waals surface area contributed by atoms with E-state index in [1.807, 2.05) is 25.7 Å². The fourth-order valence-corrected chi connectivity index (χ4v) is 5.22. The minimum atomic E-state index is -3.58. The Hall–Kier alpha value is -1.67. The van der Waals surface area contributed by atoms with E-state index in [0.717, 1.165) is 19.3 Å². The lowest BCUT2D eigenvalue weighted by atomic mass is 10.1. The van der Waals surface area contributed by atoms with Crippen molar-refractivity contribution in [2.45, 2.75) is 62.9 Å². The smallest absolute Gasteiger partial charge is 0.246 e. The SMILES string of the molecule is CC(C)(C)N1CC(Nc2ncccc2S(=O)(=O)N2CCCCC2)CC1=O. The van der Waals surface area contributed by atoms with E-state index < -0.39 is 10.0 Å². The number of hydrogen-bond acceptors (Lipinski definition) is 5. The Labute approximate surface area is 155 Å². The topological polar surface area (TPSA) is 82.6 Å². The number of aromatic nitrogens is 1. The molecule has 2 aliphatic rings. The minimum absolute atomic E-state index is 0.0753. The molecule has 0 spiro atoms. The highest BCUT2D eigenvalue weighted by atomic mass is 32.2. The van der Waals surface area contributed by atoms with Gasteiger partial charge in [-0.2, -0.15) is 4.31 Å². The maximum Gasteiger partial charge on any atom is 0.246 e. The first-order valence-corrected chi connectivity index (χ1v) is 10.7. The maximum absolute atomic E-state index is 13.0. The number of rotatable bonds is 4. The Kier molecular flexibility index (Phi) is 5.25. The van der Waals surface area contributed by atoms with E-state index in [0.29, 0.717) is 31.9 Å². The molecule has 3 rings (SSSR count). The van der Waals surface area contributed by atoms with Crippen LogP contribution in [0.2, 0.25) is 0 Å². The molecule has 8 heteroatoms. The van der Waals surface area contributed by atoms with Gasteiger partial charge in [0.2, 0.25) is 15.9 Å². The van der Waals surface area contributed by atoms with Gasteiger partial charge in [-0.25, -0.2) is 13.4 Å². The molecule has 0 radical (unpaired) electrons. The van der Waals surface area contributed by atoms with Gasteiger partial charge in [-0.05, 0) is 45.7 Å². The second-order valence-electron chi connectivity index (χ2n) is 8.04. The molecule has 1 atom stereocenters. The summed E-state index contributed by atoms with van der Waals surface area (Å²) < 4.78 is 27.6. The van der Waals surface area contributed by atoms with Crippen LogP contribution in [0.25, 0.3) is 0 Å². The van der Waals surface area contributed by atoms with E-state index in [1.165, 1.54) is 0 Å². The molecule has 3 heterocycles. The zero-order valence-electron chi connectivity index (χ0n) is 15.7. The third kappa shape index (κ3) is 3.86. The molecule has 2 saturated heterocycles. The number of nitrogens with zero attached hydrogens (tertiary/aromatic N) is 3. The molecule has 0 aromatic carbocycles. The molecule has 1 N–H and O–H groups in total. The molecule has 1 amide bonds. The summed E-state index contributed by atoms with van der Waals surface area (Å²) in [6.45, 7) is 7.65. The largest absolute Gasteiger partial charge is 0.364 e. The quantitative estimate of drug-likeness (QED) is 0.865. The number of nitrogens with one attached hydrogen (secondary N) is 1. The molecule has 26 heavy (non-hydrogen) atoms. The van der Waals surface area contributed by atoms with E-state index in [-0.39, 0.29) is 22.4 Å². The van der Waals surface area contributed by atoms with Crippen LogP contribution in [0, 0.1) is 0 Å². The van der Waals surface area contributed by atoms with Gasteiger partial charge in [-0.3, -0.25) is 4.79 Å². The zero-order chi connectivity index (χ0) is 18.9. The molecule has 1 unspecified atom stereocenters. The second kappa shape index (κ2) is 7.15. The Morgan fingerprint density at radius 1 is 1.19 bits per heavy atom. The average Bonchev–Trinajstić information content (AvgIpc) is 2.97. The number of anilines is 1. The lowest BCUT2D eigenvalue weighted by molar-refractivity contribution is -0.131. The number of hydrogen-bond donors (Lipinski definition) is 1. The second-order valence-corrected chi connectivity index (χ2v) is 9.94. The Balaban J connectivity index is 1.81. The summed E-state index contributed by atoms with van der Waals surface area (Å²) in [4.78, 5) is 18.6. The summed E-state index contributed by atoms with van der Waals surface area (Å²) >= 11 is 0. The number of pyridine rings is 1. The van der Waals surface area contributed by atoms with E-state index in [2.05, 4.69) is 10.3 Å². The number of piperidine rings is 1. The number of carbonyl (C=O) groups excluding carboxylic acids is 1. The zero-order valence-corrected chi connectivity index (χ0v) is 16.6. The molecule has 1 aromatic rings. The first-order valence-electron chi connectivity index (χ1n) is 9.22. The van der Waals surface area contributed by atoms with Gasteiger partial charge < -0.3 is 10.2 Å². The van der Waals surface area contributed by atoms with Gasteiger partial charge in [-0.15, -0.1) is 0 Å². The number of likely N-dealkylation sites (tertiary alicyclic amines) is 1. The number of sulfonamides is 1. The summed E-state index contributed by atoms with van der Waals surface area (Å²) in [5, 5.41) is 3.21. The third-order valence-electron chi connectivity index (χ3n) is 4.98. The highest BCUT2D eigenvalue weighted by molar-refractivity contribution is 7.89. The predicted molar refractivity (Wildman–Crippen MR) is 100 cm³/mol. The van der Waals surface area contributed by atoms with Crippen LogP contribution in [-0.4, -0.2) is 59.7 Å². The molecule has 2 aliphatic heterocycles. The van der Waals surface area contributed by atoms with Crippen molar-refractivity contribution in [2.24, 2.45) is 0 Å². The molecule has 0 bridgehead atoms. The number of amides is 1. The highest BCUT2D eigenvalue weighted by Crippen LogP contribution is 2.28. The van der Waals surface area contributed by atoms with Crippen molar-refractivity contribution in [3.05, 3.63) is 18.3 Å². The van der Waals surface area contributed by atoms with Crippen molar-refractivity contribution in [1.82, 2.24) is 14.2 Å². The van der Waals surface area contributed by atoms with Crippen LogP contribution in [-0.2, 0) is 14.8 Å². The van der Waals surface area contributed by atoms with Gasteiger partial charge in [0.25, 0.3) is 0 Å². The standard InChI is InChI=1S/C18H28N4O3S/c1-18(2,3)22-13-14(12-16(22)23)20-17-15(8-7-9-19-17)26(24,25)21-10-5-4-6-11-21/h7-9,14H,4-6,10-13H2,1-3H3,(H,19,20). The number of carbonyl (C=O) groups is 1. The van der Waals surface area contributed by atoms with Crippen LogP contribution in [0.5, 0.6) is 0 Å². The molecule has 2 fully saturated rings. The summed E-state index contributed by atoms with van der Waals surface area (Å²) in [7, 11) is -3.58. The summed E-state index contributed by atoms with van der Waals surface area (Å²) in [6, 6.07) is 3.09. The van der Waals surface area contributed by atoms with Crippen molar-refractivity contribution in [3.8, 4) is 0 Å². The third-order valence-corrected chi connectivity index (χ3v) is 6.91. The Morgan fingerprint density at radius 2 is 1.88 bits per heavy atom. The van der Waals surface area contributed by atoms with Crippen LogP contribution < -0.4 is 5.32 Å². The summed E-state index contributed by atoms with van der Waals surface area (Å²) in [6.07, 6.45) is 4.77. The molecule has 0 saturated carbocycles. The first-order chi connectivity index (χ1) is 12.2. The monoisotopic (exact) mass is 380 g/mol. The van der Waals surface area contributed by atoms with Crippen molar-refractivity contribution in [2.75, 3.05) is 25.0 Å². The van der Waals surface area contributed by atoms with Gasteiger partial charge in [0.1, 0.15) is 10.7 Å². The van der Waals surface area contributed by atoms with Crippen molar-refractivity contribution < 1.29 is 13.2 Å². The van der Waals surface area contributed by atoms with Crippen LogP contribution >= 0.6 is 0 Å². The van der Waals surface area contributed by atoms with Gasteiger partial charge in [0.05, 0.1) is 6.04 Å². The van der Waals surface area contributed by atoms with Gasteiger partial charge in [-0.1, -0.05) is 6.42 Å². The summed E-state index contributed by atoms with van der Waals surface area (Å²) in [5.41, 5.74) is -0.250. The van der Waals surface area contributed by atoms with Crippen LogP contribution in [0.4, 0.5) is 5.82 Å². The Morgan fingerprint density at radius 3 is 2.50 bits per heavy atom. The lowest BCUT2D eigenvalue weighted by Gasteiger charge is -2.32. The van der Waals surface area contributed by atoms with Crippen LogP contribution in [0.15, 0.2) is 23.2 Å². The Bertz CT molecular complexity index is 767. The van der Waals surface area contributed by atoms with E-state index in [1.54, 1.807) is 22.6 Å². The highest BCUT2D eigenvalue weighted by Gasteiger charge is 2.37. The molecule has 7 nitrogen and oxygen atoms in total. The predicted octanol–water partition coefficient (Wildman–Crippen LogP) is 2.07. The molecular formula is C18H28N4O3S.